The molecule has 2 heterocycles. The molecule has 2 aromatic rings. The standard InChI is InChI=1S/C17H20ClN3O2S/c1-2-14-15(24-21-20-14)16(22)19-11-17(6-8-23-9-7-17)12-4-3-5-13(18)10-12/h3-5,10H,2,6-9,11H2,1H3,(H,19,22). The van der Waals surface area contributed by atoms with Gasteiger partial charge in [0.05, 0.1) is 5.69 Å². The van der Waals surface area contributed by atoms with E-state index in [4.69, 9.17) is 16.3 Å². The van der Waals surface area contributed by atoms with Crippen molar-refractivity contribution in [1.82, 2.24) is 14.9 Å². The number of ether oxygens (including phenoxy) is 1. The summed E-state index contributed by atoms with van der Waals surface area (Å²) in [4.78, 5) is 13.1. The zero-order valence-electron chi connectivity index (χ0n) is 13.5. The quantitative estimate of drug-likeness (QED) is 0.883. The summed E-state index contributed by atoms with van der Waals surface area (Å²) in [6, 6.07) is 7.89. The van der Waals surface area contributed by atoms with Gasteiger partial charge in [-0.1, -0.05) is 35.1 Å². The average molecular weight is 366 g/mol. The average Bonchev–Trinajstić information content (AvgIpc) is 3.09. The van der Waals surface area contributed by atoms with Crippen molar-refractivity contribution in [2.75, 3.05) is 19.8 Å². The highest BCUT2D eigenvalue weighted by Crippen LogP contribution is 2.35. The summed E-state index contributed by atoms with van der Waals surface area (Å²) in [5.74, 6) is -0.102. The lowest BCUT2D eigenvalue weighted by Crippen LogP contribution is -2.44. The fourth-order valence-corrected chi connectivity index (χ4v) is 3.95. The Labute approximate surface area is 150 Å². The molecule has 1 fully saturated rings. The normalized spacial score (nSPS) is 16.8. The molecule has 1 aromatic carbocycles. The van der Waals surface area contributed by atoms with E-state index < -0.39 is 0 Å². The fraction of sp³-hybridized carbons (Fsp3) is 0.471. The first kappa shape index (κ1) is 17.3. The van der Waals surface area contributed by atoms with Crippen LogP contribution >= 0.6 is 23.1 Å². The van der Waals surface area contributed by atoms with Gasteiger partial charge < -0.3 is 10.1 Å². The molecule has 24 heavy (non-hydrogen) atoms. The summed E-state index contributed by atoms with van der Waals surface area (Å²) in [6.07, 6.45) is 2.41. The monoisotopic (exact) mass is 365 g/mol. The van der Waals surface area contributed by atoms with Crippen LogP contribution in [0, 0.1) is 0 Å². The zero-order chi connectivity index (χ0) is 17.0. The van der Waals surface area contributed by atoms with Crippen LogP contribution in [0.1, 0.15) is 40.7 Å². The first-order valence-corrected chi connectivity index (χ1v) is 9.23. The summed E-state index contributed by atoms with van der Waals surface area (Å²) in [7, 11) is 0. The van der Waals surface area contributed by atoms with E-state index in [0.29, 0.717) is 36.1 Å². The maximum atomic E-state index is 12.5. The molecule has 1 aliphatic heterocycles. The molecule has 0 spiro atoms. The number of halogens is 1. The number of hydrogen-bond donors (Lipinski definition) is 1. The number of carbonyl (C=O) groups is 1. The van der Waals surface area contributed by atoms with Gasteiger partial charge in [-0.2, -0.15) is 0 Å². The summed E-state index contributed by atoms with van der Waals surface area (Å²) in [5, 5.41) is 7.80. The van der Waals surface area contributed by atoms with Crippen LogP contribution in [-0.4, -0.2) is 35.3 Å². The van der Waals surface area contributed by atoms with Crippen LogP contribution in [0.15, 0.2) is 24.3 Å². The van der Waals surface area contributed by atoms with E-state index in [1.165, 1.54) is 0 Å². The minimum atomic E-state index is -0.149. The van der Waals surface area contributed by atoms with Crippen LogP contribution in [0.5, 0.6) is 0 Å². The number of carbonyl (C=O) groups excluding carboxylic acids is 1. The van der Waals surface area contributed by atoms with E-state index in [0.717, 1.165) is 35.6 Å². The van der Waals surface area contributed by atoms with Crippen molar-refractivity contribution in [2.45, 2.75) is 31.6 Å². The summed E-state index contributed by atoms with van der Waals surface area (Å²) in [5.41, 5.74) is 1.75. The van der Waals surface area contributed by atoms with Crippen molar-refractivity contribution in [1.29, 1.82) is 0 Å². The largest absolute Gasteiger partial charge is 0.381 e. The highest BCUT2D eigenvalue weighted by Gasteiger charge is 2.35. The Kier molecular flexibility index (Phi) is 5.48. The van der Waals surface area contributed by atoms with E-state index in [1.807, 2.05) is 25.1 Å². The molecule has 0 saturated carbocycles. The van der Waals surface area contributed by atoms with Gasteiger partial charge in [0.15, 0.2) is 0 Å². The van der Waals surface area contributed by atoms with Crippen LogP contribution in [0.25, 0.3) is 0 Å². The van der Waals surface area contributed by atoms with E-state index in [1.54, 1.807) is 0 Å². The Hall–Kier alpha value is -1.50. The molecule has 3 rings (SSSR count). The highest BCUT2D eigenvalue weighted by atomic mass is 35.5. The molecule has 128 valence electrons. The molecule has 0 aliphatic carbocycles. The van der Waals surface area contributed by atoms with Crippen LogP contribution in [0.2, 0.25) is 5.02 Å². The maximum absolute atomic E-state index is 12.5. The molecule has 1 aromatic heterocycles. The van der Waals surface area contributed by atoms with Gasteiger partial charge in [-0.05, 0) is 48.5 Å². The maximum Gasteiger partial charge on any atom is 0.264 e. The van der Waals surface area contributed by atoms with Crippen LogP contribution in [-0.2, 0) is 16.6 Å². The molecule has 5 nitrogen and oxygen atoms in total. The summed E-state index contributed by atoms with van der Waals surface area (Å²) < 4.78 is 9.42. The predicted molar refractivity (Wildman–Crippen MR) is 94.8 cm³/mol. The molecule has 0 unspecified atom stereocenters. The van der Waals surface area contributed by atoms with Crippen LogP contribution < -0.4 is 5.32 Å². The van der Waals surface area contributed by atoms with Gasteiger partial charge >= 0.3 is 0 Å². The molecule has 1 amide bonds. The Morgan fingerprint density at radius 1 is 1.42 bits per heavy atom. The van der Waals surface area contributed by atoms with Crippen molar-refractivity contribution in [3.05, 3.63) is 45.4 Å². The van der Waals surface area contributed by atoms with Gasteiger partial charge in [0.25, 0.3) is 5.91 Å². The number of hydrogen-bond acceptors (Lipinski definition) is 5. The zero-order valence-corrected chi connectivity index (χ0v) is 15.1. The lowest BCUT2D eigenvalue weighted by atomic mass is 9.74. The van der Waals surface area contributed by atoms with Crippen molar-refractivity contribution in [3.63, 3.8) is 0 Å². The molecule has 0 bridgehead atoms. The molecular weight excluding hydrogens is 346 g/mol. The Morgan fingerprint density at radius 2 is 2.21 bits per heavy atom. The molecule has 1 aliphatic rings. The molecule has 0 atom stereocenters. The van der Waals surface area contributed by atoms with E-state index in [2.05, 4.69) is 21.0 Å². The van der Waals surface area contributed by atoms with Gasteiger partial charge in [0.1, 0.15) is 4.88 Å². The van der Waals surface area contributed by atoms with E-state index in [-0.39, 0.29) is 11.3 Å². The van der Waals surface area contributed by atoms with Gasteiger partial charge in [-0.15, -0.1) is 5.10 Å². The minimum absolute atomic E-state index is 0.102. The third-order valence-electron chi connectivity index (χ3n) is 4.57. The molecule has 0 radical (unpaired) electrons. The number of rotatable bonds is 5. The Balaban J connectivity index is 1.79. The highest BCUT2D eigenvalue weighted by molar-refractivity contribution is 7.08. The minimum Gasteiger partial charge on any atom is -0.381 e. The Morgan fingerprint density at radius 3 is 2.92 bits per heavy atom. The van der Waals surface area contributed by atoms with Gasteiger partial charge in [-0.25, -0.2) is 0 Å². The van der Waals surface area contributed by atoms with Crippen LogP contribution in [0.3, 0.4) is 0 Å². The molecule has 1 saturated heterocycles. The number of nitrogens with one attached hydrogen (secondary N) is 1. The second-order valence-electron chi connectivity index (χ2n) is 5.99. The fourth-order valence-electron chi connectivity index (χ4n) is 3.09. The van der Waals surface area contributed by atoms with Gasteiger partial charge in [0, 0.05) is 30.2 Å². The molecule has 1 N–H and O–H groups in total. The Bertz CT molecular complexity index is 713. The number of aromatic nitrogens is 2. The first-order valence-electron chi connectivity index (χ1n) is 8.08. The third-order valence-corrected chi connectivity index (χ3v) is 5.57. The van der Waals surface area contributed by atoms with Crippen molar-refractivity contribution >= 4 is 29.0 Å². The van der Waals surface area contributed by atoms with Crippen molar-refractivity contribution in [2.24, 2.45) is 0 Å². The van der Waals surface area contributed by atoms with E-state index in [9.17, 15) is 4.79 Å². The lowest BCUT2D eigenvalue weighted by Gasteiger charge is -2.38. The summed E-state index contributed by atoms with van der Waals surface area (Å²) in [6.45, 7) is 3.89. The van der Waals surface area contributed by atoms with Crippen LogP contribution in [0.4, 0.5) is 0 Å². The lowest BCUT2D eigenvalue weighted by molar-refractivity contribution is 0.0487. The number of nitrogens with zero attached hydrogens (tertiary/aromatic N) is 2. The molecular formula is C17H20ClN3O2S. The third kappa shape index (κ3) is 3.61. The van der Waals surface area contributed by atoms with Crippen molar-refractivity contribution < 1.29 is 9.53 Å². The van der Waals surface area contributed by atoms with Gasteiger partial charge in [0.2, 0.25) is 0 Å². The van der Waals surface area contributed by atoms with Crippen molar-refractivity contribution in [3.8, 4) is 0 Å². The van der Waals surface area contributed by atoms with Gasteiger partial charge in [-0.3, -0.25) is 4.79 Å². The second kappa shape index (κ2) is 7.59. The second-order valence-corrected chi connectivity index (χ2v) is 7.18. The van der Waals surface area contributed by atoms with E-state index >= 15 is 0 Å². The predicted octanol–water partition coefficient (Wildman–Crippen LogP) is 3.23. The summed E-state index contributed by atoms with van der Waals surface area (Å²) >= 11 is 7.32. The number of benzene rings is 1. The SMILES string of the molecule is CCc1nnsc1C(=O)NCC1(c2cccc(Cl)c2)CCOCC1. The number of aryl methyl sites for hydroxylation is 1. The first-order chi connectivity index (χ1) is 11.6. The molecule has 7 heteroatoms. The topological polar surface area (TPSA) is 64.1 Å². The number of amides is 1. The smallest absolute Gasteiger partial charge is 0.264 e.